The summed E-state index contributed by atoms with van der Waals surface area (Å²) < 4.78 is 6.17. The van der Waals surface area contributed by atoms with Crippen LogP contribution < -0.4 is 10.1 Å². The van der Waals surface area contributed by atoms with E-state index in [0.717, 1.165) is 34.7 Å². The van der Waals surface area contributed by atoms with Gasteiger partial charge in [-0.3, -0.25) is 0 Å². The van der Waals surface area contributed by atoms with Crippen LogP contribution >= 0.6 is 15.9 Å². The first-order valence-corrected chi connectivity index (χ1v) is 6.98. The molecular weight excluding hydrogens is 304 g/mol. The molecule has 0 radical (unpaired) electrons. The van der Waals surface area contributed by atoms with E-state index in [4.69, 9.17) is 4.74 Å². The van der Waals surface area contributed by atoms with Crippen LogP contribution in [0.25, 0.3) is 0 Å². The zero-order valence-corrected chi connectivity index (χ0v) is 12.7. The van der Waals surface area contributed by atoms with Gasteiger partial charge in [0.1, 0.15) is 11.6 Å². The molecule has 0 aliphatic heterocycles. The molecule has 0 saturated heterocycles. The molecule has 1 aromatic carbocycles. The highest BCUT2D eigenvalue weighted by molar-refractivity contribution is 9.10. The van der Waals surface area contributed by atoms with Crippen molar-refractivity contribution in [1.29, 1.82) is 0 Å². The molecular formula is C15H17BrN2O. The normalized spacial score (nSPS) is 10.3. The molecule has 0 aliphatic carbocycles. The summed E-state index contributed by atoms with van der Waals surface area (Å²) in [6.45, 7) is 2.85. The third kappa shape index (κ3) is 3.96. The topological polar surface area (TPSA) is 34.1 Å². The number of benzene rings is 1. The van der Waals surface area contributed by atoms with E-state index in [1.807, 2.05) is 31.2 Å². The third-order valence-corrected chi connectivity index (χ3v) is 3.74. The number of methoxy groups -OCH3 is 1. The van der Waals surface area contributed by atoms with Crippen LogP contribution in [0.4, 0.5) is 5.82 Å². The van der Waals surface area contributed by atoms with Gasteiger partial charge in [-0.2, -0.15) is 0 Å². The zero-order valence-electron chi connectivity index (χ0n) is 11.1. The molecule has 2 aromatic rings. The maximum Gasteiger partial charge on any atom is 0.126 e. The number of rotatable bonds is 5. The van der Waals surface area contributed by atoms with Gasteiger partial charge in [-0.05, 0) is 59.1 Å². The molecule has 1 heterocycles. The first-order chi connectivity index (χ1) is 9.19. The van der Waals surface area contributed by atoms with Crippen molar-refractivity contribution in [2.75, 3.05) is 19.0 Å². The average Bonchev–Trinajstić information content (AvgIpc) is 2.43. The number of aryl methyl sites for hydroxylation is 1. The molecule has 4 heteroatoms. The van der Waals surface area contributed by atoms with Crippen LogP contribution in [0, 0.1) is 6.92 Å². The van der Waals surface area contributed by atoms with Crippen LogP contribution in [0.2, 0.25) is 0 Å². The Morgan fingerprint density at radius 1 is 1.16 bits per heavy atom. The van der Waals surface area contributed by atoms with E-state index < -0.39 is 0 Å². The predicted octanol–water partition coefficient (Wildman–Crippen LogP) is 3.82. The Kier molecular flexibility index (Phi) is 4.80. The molecule has 0 bridgehead atoms. The molecule has 0 unspecified atom stereocenters. The summed E-state index contributed by atoms with van der Waals surface area (Å²) in [5, 5.41) is 3.33. The Balaban J connectivity index is 1.86. The Labute approximate surface area is 122 Å². The van der Waals surface area contributed by atoms with E-state index in [2.05, 4.69) is 38.4 Å². The highest BCUT2D eigenvalue weighted by atomic mass is 79.9. The number of hydrogen-bond donors (Lipinski definition) is 1. The summed E-state index contributed by atoms with van der Waals surface area (Å²) >= 11 is 3.45. The van der Waals surface area contributed by atoms with E-state index >= 15 is 0 Å². The van der Waals surface area contributed by atoms with Gasteiger partial charge in [0, 0.05) is 11.0 Å². The summed E-state index contributed by atoms with van der Waals surface area (Å²) in [5.41, 5.74) is 2.27. The van der Waals surface area contributed by atoms with Crippen molar-refractivity contribution in [3.8, 4) is 5.75 Å². The minimum absolute atomic E-state index is 0.862. The molecule has 2 rings (SSSR count). The largest absolute Gasteiger partial charge is 0.497 e. The van der Waals surface area contributed by atoms with Crippen LogP contribution in [0.1, 0.15) is 11.3 Å². The molecule has 0 amide bonds. The van der Waals surface area contributed by atoms with E-state index in [-0.39, 0.29) is 0 Å². The van der Waals surface area contributed by atoms with Crippen LogP contribution in [-0.2, 0) is 6.42 Å². The second-order valence-corrected chi connectivity index (χ2v) is 5.14. The van der Waals surface area contributed by atoms with Crippen molar-refractivity contribution in [1.82, 2.24) is 4.98 Å². The molecule has 3 nitrogen and oxygen atoms in total. The predicted molar refractivity (Wildman–Crippen MR) is 81.9 cm³/mol. The van der Waals surface area contributed by atoms with E-state index in [9.17, 15) is 0 Å². The van der Waals surface area contributed by atoms with E-state index in [0.29, 0.717) is 0 Å². The van der Waals surface area contributed by atoms with Crippen LogP contribution in [-0.4, -0.2) is 18.6 Å². The number of ether oxygens (including phenoxy) is 1. The van der Waals surface area contributed by atoms with Gasteiger partial charge in [-0.15, -0.1) is 0 Å². The van der Waals surface area contributed by atoms with Crippen molar-refractivity contribution in [3.63, 3.8) is 0 Å². The number of aromatic nitrogens is 1. The second kappa shape index (κ2) is 6.57. The summed E-state index contributed by atoms with van der Waals surface area (Å²) in [4.78, 5) is 4.45. The molecule has 0 spiro atoms. The number of nitrogens with zero attached hydrogens (tertiary/aromatic N) is 1. The lowest BCUT2D eigenvalue weighted by atomic mass is 10.1. The van der Waals surface area contributed by atoms with E-state index in [1.165, 1.54) is 5.56 Å². The summed E-state index contributed by atoms with van der Waals surface area (Å²) in [7, 11) is 1.68. The van der Waals surface area contributed by atoms with Crippen molar-refractivity contribution in [2.45, 2.75) is 13.3 Å². The quantitative estimate of drug-likeness (QED) is 0.909. The van der Waals surface area contributed by atoms with Crippen molar-refractivity contribution >= 4 is 21.7 Å². The Morgan fingerprint density at radius 3 is 2.53 bits per heavy atom. The van der Waals surface area contributed by atoms with Gasteiger partial charge < -0.3 is 10.1 Å². The fraction of sp³-hybridized carbons (Fsp3) is 0.267. The molecule has 1 N–H and O–H groups in total. The van der Waals surface area contributed by atoms with Crippen molar-refractivity contribution < 1.29 is 4.74 Å². The summed E-state index contributed by atoms with van der Waals surface area (Å²) in [6.07, 6.45) is 0.959. The number of nitrogens with one attached hydrogen (secondary N) is 1. The standard InChI is InChI=1S/C15H17BrN2O/c1-11-14(16)7-8-15(18-11)17-10-9-12-3-5-13(19-2)6-4-12/h3-8H,9-10H2,1-2H3,(H,17,18). The fourth-order valence-corrected chi connectivity index (χ4v) is 1.99. The van der Waals surface area contributed by atoms with Crippen LogP contribution in [0.15, 0.2) is 40.9 Å². The molecule has 0 saturated carbocycles. The first-order valence-electron chi connectivity index (χ1n) is 6.19. The fourth-order valence-electron chi connectivity index (χ4n) is 1.77. The van der Waals surface area contributed by atoms with Gasteiger partial charge in [0.05, 0.1) is 12.8 Å². The minimum Gasteiger partial charge on any atom is -0.497 e. The number of pyridine rings is 1. The Morgan fingerprint density at radius 2 is 1.89 bits per heavy atom. The SMILES string of the molecule is COc1ccc(CCNc2ccc(Br)c(C)n2)cc1. The van der Waals surface area contributed by atoms with Gasteiger partial charge in [-0.25, -0.2) is 4.98 Å². The smallest absolute Gasteiger partial charge is 0.126 e. The number of halogens is 1. The molecule has 0 atom stereocenters. The number of hydrogen-bond acceptors (Lipinski definition) is 3. The summed E-state index contributed by atoms with van der Waals surface area (Å²) in [5.74, 6) is 1.80. The Hall–Kier alpha value is -1.55. The maximum atomic E-state index is 5.14. The van der Waals surface area contributed by atoms with Crippen molar-refractivity contribution in [2.24, 2.45) is 0 Å². The van der Waals surface area contributed by atoms with Gasteiger partial charge in [0.15, 0.2) is 0 Å². The van der Waals surface area contributed by atoms with Crippen LogP contribution in [0.5, 0.6) is 5.75 Å². The molecule has 100 valence electrons. The van der Waals surface area contributed by atoms with Crippen LogP contribution in [0.3, 0.4) is 0 Å². The average molecular weight is 321 g/mol. The lowest BCUT2D eigenvalue weighted by molar-refractivity contribution is 0.414. The van der Waals surface area contributed by atoms with E-state index in [1.54, 1.807) is 7.11 Å². The highest BCUT2D eigenvalue weighted by Crippen LogP contribution is 2.16. The highest BCUT2D eigenvalue weighted by Gasteiger charge is 1.99. The monoisotopic (exact) mass is 320 g/mol. The lowest BCUT2D eigenvalue weighted by Crippen LogP contribution is -2.06. The second-order valence-electron chi connectivity index (χ2n) is 4.29. The summed E-state index contributed by atoms with van der Waals surface area (Å²) in [6, 6.07) is 12.1. The maximum absolute atomic E-state index is 5.14. The molecule has 0 fully saturated rings. The van der Waals surface area contributed by atoms with Gasteiger partial charge >= 0.3 is 0 Å². The lowest BCUT2D eigenvalue weighted by Gasteiger charge is -2.07. The number of anilines is 1. The third-order valence-electron chi connectivity index (χ3n) is 2.90. The first kappa shape index (κ1) is 13.9. The van der Waals surface area contributed by atoms with Gasteiger partial charge in [0.25, 0.3) is 0 Å². The van der Waals surface area contributed by atoms with Gasteiger partial charge in [0.2, 0.25) is 0 Å². The Bertz CT molecular complexity index is 540. The molecule has 19 heavy (non-hydrogen) atoms. The zero-order chi connectivity index (χ0) is 13.7. The van der Waals surface area contributed by atoms with Gasteiger partial charge in [-0.1, -0.05) is 12.1 Å². The van der Waals surface area contributed by atoms with Crippen molar-refractivity contribution in [3.05, 3.63) is 52.1 Å². The molecule has 1 aromatic heterocycles. The molecule has 0 aliphatic rings. The minimum atomic E-state index is 0.862.